The number of nitro benzene ring substituents is 1. The van der Waals surface area contributed by atoms with Crippen LogP contribution < -0.4 is 15.4 Å². The van der Waals surface area contributed by atoms with E-state index in [1.165, 1.54) is 12.1 Å². The average Bonchev–Trinajstić information content (AvgIpc) is 2.76. The van der Waals surface area contributed by atoms with E-state index in [1.807, 2.05) is 0 Å². The Balaban J connectivity index is 1.66. The molecule has 0 bridgehead atoms. The molecule has 0 radical (unpaired) electrons. The first-order valence-electron chi connectivity index (χ1n) is 9.82. The van der Waals surface area contributed by atoms with Crippen LogP contribution in [0.4, 0.5) is 22.7 Å². The van der Waals surface area contributed by atoms with Crippen molar-refractivity contribution in [1.82, 2.24) is 0 Å². The molecule has 0 aromatic heterocycles. The number of rotatable bonds is 9. The fraction of sp³-hybridized carbons (Fsp3) is 0.136. The molecule has 11 heteroatoms. The minimum atomic E-state index is -3.95. The molecule has 0 aliphatic heterocycles. The van der Waals surface area contributed by atoms with Crippen LogP contribution in [0, 0.1) is 17.0 Å². The first-order chi connectivity index (χ1) is 15.7. The number of sulfonamides is 1. The number of aryl methyl sites for hydroxylation is 1. The molecule has 0 atom stereocenters. The van der Waals surface area contributed by atoms with Gasteiger partial charge < -0.3 is 10.6 Å². The van der Waals surface area contributed by atoms with Gasteiger partial charge in [0.1, 0.15) is 5.69 Å². The second-order valence-corrected chi connectivity index (χ2v) is 9.12. The summed E-state index contributed by atoms with van der Waals surface area (Å²) in [5.41, 5.74) is 1.26. The number of hydrogen-bond donors (Lipinski definition) is 3. The lowest BCUT2D eigenvalue weighted by atomic mass is 10.2. The normalized spacial score (nSPS) is 11.0. The molecule has 33 heavy (non-hydrogen) atoms. The van der Waals surface area contributed by atoms with Gasteiger partial charge in [0, 0.05) is 24.7 Å². The second-order valence-electron chi connectivity index (χ2n) is 7.06. The minimum absolute atomic E-state index is 0.00162. The molecule has 0 spiro atoms. The van der Waals surface area contributed by atoms with E-state index in [9.17, 15) is 23.3 Å². The van der Waals surface area contributed by atoms with Gasteiger partial charge in [-0.2, -0.15) is 0 Å². The molecule has 3 rings (SSSR count). The second kappa shape index (κ2) is 10.3. The van der Waals surface area contributed by atoms with E-state index in [-0.39, 0.29) is 40.2 Å². The molecule has 3 aromatic rings. The van der Waals surface area contributed by atoms with Gasteiger partial charge in [-0.3, -0.25) is 19.6 Å². The number of nitrogens with zero attached hydrogens (tertiary/aromatic N) is 1. The van der Waals surface area contributed by atoms with Gasteiger partial charge in [-0.1, -0.05) is 41.9 Å². The lowest BCUT2D eigenvalue weighted by Gasteiger charge is -2.13. The molecule has 0 aliphatic rings. The van der Waals surface area contributed by atoms with E-state index in [4.69, 9.17) is 11.6 Å². The topological polar surface area (TPSA) is 130 Å². The molecule has 0 saturated heterocycles. The van der Waals surface area contributed by atoms with E-state index < -0.39 is 14.9 Å². The number of nitro groups is 1. The summed E-state index contributed by atoms with van der Waals surface area (Å²) in [6.45, 7) is 1.80. The maximum atomic E-state index is 12.9. The minimum Gasteiger partial charge on any atom is -0.379 e. The molecular formula is C22H21ClN4O5S. The lowest BCUT2D eigenvalue weighted by Crippen LogP contribution is -2.18. The SMILES string of the molecule is Cc1ccc(NC(=O)CCNc2ccccc2[N+](=O)[O-])cc1S(=O)(=O)Nc1ccccc1Cl. The van der Waals surface area contributed by atoms with Crippen LogP contribution >= 0.6 is 11.6 Å². The van der Waals surface area contributed by atoms with Crippen molar-refractivity contribution in [3.63, 3.8) is 0 Å². The number of carbonyl (C=O) groups is 1. The van der Waals surface area contributed by atoms with Gasteiger partial charge in [-0.25, -0.2) is 8.42 Å². The zero-order chi connectivity index (χ0) is 24.0. The molecular weight excluding hydrogens is 468 g/mol. The summed E-state index contributed by atoms with van der Waals surface area (Å²) in [4.78, 5) is 22.9. The van der Waals surface area contributed by atoms with Crippen molar-refractivity contribution in [3.05, 3.63) is 87.4 Å². The van der Waals surface area contributed by atoms with Crippen LogP contribution in [0.15, 0.2) is 71.6 Å². The first-order valence-corrected chi connectivity index (χ1v) is 11.7. The number of amides is 1. The van der Waals surface area contributed by atoms with E-state index in [1.54, 1.807) is 61.5 Å². The van der Waals surface area contributed by atoms with Crippen molar-refractivity contribution in [2.75, 3.05) is 21.9 Å². The van der Waals surface area contributed by atoms with Crippen LogP contribution in [0.3, 0.4) is 0 Å². The molecule has 1 amide bonds. The first kappa shape index (κ1) is 24.0. The standard InChI is InChI=1S/C22H21ClN4O5S/c1-15-10-11-16(14-21(15)33(31,32)26-18-7-3-2-6-17(18)23)25-22(28)12-13-24-19-8-4-5-9-20(19)27(29)30/h2-11,14,24,26H,12-13H2,1H3,(H,25,28). The zero-order valence-corrected chi connectivity index (χ0v) is 19.1. The Morgan fingerprint density at radius 1 is 1.03 bits per heavy atom. The summed E-state index contributed by atoms with van der Waals surface area (Å²) in [5.74, 6) is -0.382. The highest BCUT2D eigenvalue weighted by Gasteiger charge is 2.19. The molecule has 0 heterocycles. The fourth-order valence-electron chi connectivity index (χ4n) is 3.03. The number of benzene rings is 3. The maximum absolute atomic E-state index is 12.9. The molecule has 172 valence electrons. The van der Waals surface area contributed by atoms with E-state index in [0.29, 0.717) is 16.9 Å². The van der Waals surface area contributed by atoms with Crippen LogP contribution in [0.25, 0.3) is 0 Å². The number of hydrogen-bond acceptors (Lipinski definition) is 6. The van der Waals surface area contributed by atoms with Gasteiger partial charge in [0.25, 0.3) is 15.7 Å². The van der Waals surface area contributed by atoms with Gasteiger partial charge >= 0.3 is 0 Å². The Morgan fingerprint density at radius 3 is 2.39 bits per heavy atom. The van der Waals surface area contributed by atoms with Gasteiger partial charge in [0.05, 0.1) is 20.5 Å². The predicted molar refractivity (Wildman–Crippen MR) is 128 cm³/mol. The van der Waals surface area contributed by atoms with Crippen molar-refractivity contribution in [3.8, 4) is 0 Å². The third-order valence-electron chi connectivity index (χ3n) is 4.65. The number of nitrogens with one attached hydrogen (secondary N) is 3. The van der Waals surface area contributed by atoms with Crippen LogP contribution in [0.5, 0.6) is 0 Å². The molecule has 0 aliphatic carbocycles. The maximum Gasteiger partial charge on any atom is 0.292 e. The predicted octanol–water partition coefficient (Wildman–Crippen LogP) is 4.80. The van der Waals surface area contributed by atoms with Gasteiger partial charge in [0.2, 0.25) is 5.91 Å². The highest BCUT2D eigenvalue weighted by Crippen LogP contribution is 2.27. The summed E-state index contributed by atoms with van der Waals surface area (Å²) in [6, 6.07) is 17.1. The van der Waals surface area contributed by atoms with Crippen LogP contribution in [0.1, 0.15) is 12.0 Å². The molecule has 3 N–H and O–H groups in total. The highest BCUT2D eigenvalue weighted by molar-refractivity contribution is 7.92. The van der Waals surface area contributed by atoms with E-state index in [2.05, 4.69) is 15.4 Å². The van der Waals surface area contributed by atoms with E-state index in [0.717, 1.165) is 0 Å². The van der Waals surface area contributed by atoms with Crippen molar-refractivity contribution in [2.45, 2.75) is 18.2 Å². The summed E-state index contributed by atoms with van der Waals surface area (Å²) in [5, 5.41) is 16.8. The summed E-state index contributed by atoms with van der Waals surface area (Å²) in [7, 11) is -3.95. The molecule has 9 nitrogen and oxygen atoms in total. The smallest absolute Gasteiger partial charge is 0.292 e. The van der Waals surface area contributed by atoms with Crippen LogP contribution in [0.2, 0.25) is 5.02 Å². The molecule has 0 saturated carbocycles. The van der Waals surface area contributed by atoms with Gasteiger partial charge in [-0.15, -0.1) is 0 Å². The highest BCUT2D eigenvalue weighted by atomic mass is 35.5. The Labute approximate surface area is 196 Å². The van der Waals surface area contributed by atoms with Gasteiger partial charge in [-0.05, 0) is 42.8 Å². The molecule has 0 unspecified atom stereocenters. The Morgan fingerprint density at radius 2 is 1.70 bits per heavy atom. The monoisotopic (exact) mass is 488 g/mol. The Hall–Kier alpha value is -3.63. The van der Waals surface area contributed by atoms with Gasteiger partial charge in [0.15, 0.2) is 0 Å². The van der Waals surface area contributed by atoms with Crippen molar-refractivity contribution >= 4 is 50.3 Å². The largest absolute Gasteiger partial charge is 0.379 e. The molecule has 3 aromatic carbocycles. The lowest BCUT2D eigenvalue weighted by molar-refractivity contribution is -0.384. The van der Waals surface area contributed by atoms with Crippen molar-refractivity contribution < 1.29 is 18.1 Å². The quantitative estimate of drug-likeness (QED) is 0.293. The number of para-hydroxylation sites is 3. The van der Waals surface area contributed by atoms with Crippen molar-refractivity contribution in [2.24, 2.45) is 0 Å². The fourth-order valence-corrected chi connectivity index (χ4v) is 4.62. The number of anilines is 3. The molecule has 0 fully saturated rings. The third kappa shape index (κ3) is 6.21. The Bertz CT molecular complexity index is 1300. The zero-order valence-electron chi connectivity index (χ0n) is 17.5. The average molecular weight is 489 g/mol. The number of halogens is 1. The van der Waals surface area contributed by atoms with Crippen LogP contribution in [-0.4, -0.2) is 25.8 Å². The van der Waals surface area contributed by atoms with Crippen LogP contribution in [-0.2, 0) is 14.8 Å². The summed E-state index contributed by atoms with van der Waals surface area (Å²) >= 11 is 6.05. The summed E-state index contributed by atoms with van der Waals surface area (Å²) in [6.07, 6.45) is 0.0138. The number of carbonyl (C=O) groups excluding carboxylic acids is 1. The summed E-state index contributed by atoms with van der Waals surface area (Å²) < 4.78 is 28.2. The van der Waals surface area contributed by atoms with Crippen molar-refractivity contribution in [1.29, 1.82) is 0 Å². The Kier molecular flexibility index (Phi) is 7.52. The van der Waals surface area contributed by atoms with E-state index >= 15 is 0 Å². The third-order valence-corrected chi connectivity index (χ3v) is 6.48.